The van der Waals surface area contributed by atoms with Gasteiger partial charge in [-0.25, -0.2) is 4.79 Å². The predicted molar refractivity (Wildman–Crippen MR) is 71.5 cm³/mol. The zero-order valence-corrected chi connectivity index (χ0v) is 11.6. The summed E-state index contributed by atoms with van der Waals surface area (Å²) in [5, 5.41) is 37.8. The molecule has 0 aliphatic carbocycles. The third-order valence-electron chi connectivity index (χ3n) is 3.25. The van der Waals surface area contributed by atoms with Gasteiger partial charge in [-0.15, -0.1) is 0 Å². The largest absolute Gasteiger partial charge is 0.508 e. The minimum absolute atomic E-state index is 0.0255. The lowest BCUT2D eigenvalue weighted by Gasteiger charge is -2.37. The number of aliphatic hydroxyl groups is 4. The van der Waals surface area contributed by atoms with Gasteiger partial charge in [0.2, 0.25) is 0 Å². The minimum atomic E-state index is -1.67. The van der Waals surface area contributed by atoms with Gasteiger partial charge in [0, 0.05) is 0 Å². The maximum Gasteiger partial charge on any atom is 0.508 e. The Balaban J connectivity index is 1.76. The van der Waals surface area contributed by atoms with Crippen LogP contribution in [0.25, 0.3) is 0 Å². The first-order chi connectivity index (χ1) is 10.5. The summed E-state index contributed by atoms with van der Waals surface area (Å²) in [6.45, 7) is -0.409. The third kappa shape index (κ3) is 4.15. The van der Waals surface area contributed by atoms with Gasteiger partial charge in [-0.3, -0.25) is 0 Å². The fraction of sp³-hybridized carbons (Fsp3) is 0.500. The molecule has 0 amide bonds. The van der Waals surface area contributed by atoms with E-state index in [9.17, 15) is 25.2 Å². The van der Waals surface area contributed by atoms with Gasteiger partial charge >= 0.3 is 6.16 Å². The fourth-order valence-corrected chi connectivity index (χ4v) is 1.98. The van der Waals surface area contributed by atoms with Crippen LogP contribution in [0.15, 0.2) is 30.3 Å². The van der Waals surface area contributed by atoms with E-state index in [2.05, 4.69) is 0 Å². The second kappa shape index (κ2) is 7.52. The molecule has 0 bridgehead atoms. The molecule has 1 saturated heterocycles. The van der Waals surface area contributed by atoms with Crippen molar-refractivity contribution in [3.8, 4) is 0 Å². The Labute approximate surface area is 126 Å². The first kappa shape index (κ1) is 16.7. The summed E-state index contributed by atoms with van der Waals surface area (Å²) in [4.78, 5) is 11.4. The molecule has 5 atom stereocenters. The average Bonchev–Trinajstić information content (AvgIpc) is 2.54. The Morgan fingerprint density at radius 1 is 1.00 bits per heavy atom. The summed E-state index contributed by atoms with van der Waals surface area (Å²) in [5.74, 6) is 0. The number of carbonyl (C=O) groups is 1. The van der Waals surface area contributed by atoms with Crippen LogP contribution in [0.3, 0.4) is 0 Å². The van der Waals surface area contributed by atoms with E-state index in [0.29, 0.717) is 0 Å². The van der Waals surface area contributed by atoms with Crippen LogP contribution in [-0.2, 0) is 20.8 Å². The van der Waals surface area contributed by atoms with E-state index in [0.717, 1.165) is 5.56 Å². The fourth-order valence-electron chi connectivity index (χ4n) is 1.98. The van der Waals surface area contributed by atoms with Crippen molar-refractivity contribution in [2.45, 2.75) is 37.3 Å². The van der Waals surface area contributed by atoms with Crippen molar-refractivity contribution in [1.82, 2.24) is 0 Å². The highest BCUT2D eigenvalue weighted by Gasteiger charge is 2.43. The summed E-state index contributed by atoms with van der Waals surface area (Å²) in [7, 11) is 0. The lowest BCUT2D eigenvalue weighted by atomic mass is 9.99. The van der Waals surface area contributed by atoms with E-state index in [4.69, 9.17) is 14.2 Å². The molecule has 0 spiro atoms. The maximum atomic E-state index is 11.4. The normalized spacial score (nSPS) is 31.5. The first-order valence-corrected chi connectivity index (χ1v) is 6.70. The highest BCUT2D eigenvalue weighted by molar-refractivity contribution is 5.59. The summed E-state index contributed by atoms with van der Waals surface area (Å²) >= 11 is 0. The average molecular weight is 314 g/mol. The molecule has 1 aromatic rings. The van der Waals surface area contributed by atoms with Crippen LogP contribution in [0.5, 0.6) is 0 Å². The molecule has 4 N–H and O–H groups in total. The van der Waals surface area contributed by atoms with Crippen LogP contribution in [0.1, 0.15) is 5.56 Å². The van der Waals surface area contributed by atoms with E-state index in [1.807, 2.05) is 6.07 Å². The summed E-state index contributed by atoms with van der Waals surface area (Å²) < 4.78 is 14.5. The Bertz CT molecular complexity index is 479. The molecule has 8 nitrogen and oxygen atoms in total. The van der Waals surface area contributed by atoms with Gasteiger partial charge < -0.3 is 34.6 Å². The molecule has 122 valence electrons. The van der Waals surface area contributed by atoms with Crippen LogP contribution < -0.4 is 0 Å². The highest BCUT2D eigenvalue weighted by atomic mass is 16.7. The molecule has 0 radical (unpaired) electrons. The maximum absolute atomic E-state index is 11.4. The van der Waals surface area contributed by atoms with Gasteiger partial charge in [0.15, 0.2) is 6.29 Å². The van der Waals surface area contributed by atoms with Crippen molar-refractivity contribution in [2.24, 2.45) is 0 Å². The number of aliphatic hydroxyl groups excluding tert-OH is 4. The number of hydrogen-bond donors (Lipinski definition) is 4. The van der Waals surface area contributed by atoms with Crippen LogP contribution >= 0.6 is 0 Å². The van der Waals surface area contributed by atoms with Crippen molar-refractivity contribution < 1.29 is 39.4 Å². The molecule has 0 aromatic heterocycles. The molecular formula is C14H18O8. The number of rotatable bonds is 4. The zero-order chi connectivity index (χ0) is 16.1. The Hall–Kier alpha value is -1.71. The van der Waals surface area contributed by atoms with Crippen LogP contribution in [0.2, 0.25) is 0 Å². The predicted octanol–water partition coefficient (Wildman–Crippen LogP) is -0.860. The quantitative estimate of drug-likeness (QED) is 0.529. The van der Waals surface area contributed by atoms with E-state index >= 15 is 0 Å². The van der Waals surface area contributed by atoms with Gasteiger partial charge in [0.25, 0.3) is 0 Å². The second-order valence-electron chi connectivity index (χ2n) is 4.87. The van der Waals surface area contributed by atoms with E-state index < -0.39 is 43.5 Å². The molecule has 0 saturated carbocycles. The minimum Gasteiger partial charge on any atom is -0.431 e. The zero-order valence-electron chi connectivity index (χ0n) is 11.6. The van der Waals surface area contributed by atoms with Gasteiger partial charge in [0.05, 0.1) is 0 Å². The molecule has 22 heavy (non-hydrogen) atoms. The molecule has 1 unspecified atom stereocenters. The standard InChI is InChI=1S/C14H18O8/c15-10-9(22-13(18)12(17)11(10)16)7-21-14(19)20-6-8-4-2-1-3-5-8/h1-5,9-13,15-18H,6-7H2/t9-,10-,11+,12+,13?/m1/s1. The summed E-state index contributed by atoms with van der Waals surface area (Å²) in [6.07, 6.45) is -8.55. The molecular weight excluding hydrogens is 296 g/mol. The molecule has 8 heteroatoms. The number of benzene rings is 1. The van der Waals surface area contributed by atoms with Crippen molar-refractivity contribution in [3.05, 3.63) is 35.9 Å². The van der Waals surface area contributed by atoms with Gasteiger partial charge in [-0.1, -0.05) is 30.3 Å². The Morgan fingerprint density at radius 3 is 2.36 bits per heavy atom. The molecule has 1 aliphatic rings. The van der Waals surface area contributed by atoms with Crippen molar-refractivity contribution in [3.63, 3.8) is 0 Å². The molecule has 1 fully saturated rings. The number of ether oxygens (including phenoxy) is 3. The second-order valence-corrected chi connectivity index (χ2v) is 4.87. The first-order valence-electron chi connectivity index (χ1n) is 6.70. The third-order valence-corrected chi connectivity index (χ3v) is 3.25. The molecule has 1 heterocycles. The lowest BCUT2D eigenvalue weighted by Crippen LogP contribution is -2.58. The van der Waals surface area contributed by atoms with Gasteiger partial charge in [-0.05, 0) is 5.56 Å². The Kier molecular flexibility index (Phi) is 5.69. The smallest absolute Gasteiger partial charge is 0.431 e. The summed E-state index contributed by atoms with van der Waals surface area (Å²) in [6, 6.07) is 8.97. The molecule has 1 aliphatic heterocycles. The topological polar surface area (TPSA) is 126 Å². The number of hydrogen-bond acceptors (Lipinski definition) is 8. The van der Waals surface area contributed by atoms with Crippen LogP contribution in [-0.4, -0.2) is 63.9 Å². The van der Waals surface area contributed by atoms with E-state index in [1.165, 1.54) is 0 Å². The summed E-state index contributed by atoms with van der Waals surface area (Å²) in [5.41, 5.74) is 0.780. The molecule has 2 rings (SSSR count). The van der Waals surface area contributed by atoms with Crippen LogP contribution in [0.4, 0.5) is 4.79 Å². The van der Waals surface area contributed by atoms with Crippen molar-refractivity contribution >= 4 is 6.16 Å². The number of carbonyl (C=O) groups excluding carboxylic acids is 1. The van der Waals surface area contributed by atoms with Crippen molar-refractivity contribution in [1.29, 1.82) is 0 Å². The SMILES string of the molecule is O=C(OCc1ccccc1)OC[C@H]1OC(O)[C@@H](O)[C@@H](O)[C@@H]1O. The Morgan fingerprint density at radius 2 is 1.68 bits per heavy atom. The molecule has 1 aromatic carbocycles. The van der Waals surface area contributed by atoms with Crippen LogP contribution in [0, 0.1) is 0 Å². The van der Waals surface area contributed by atoms with E-state index in [-0.39, 0.29) is 6.61 Å². The van der Waals surface area contributed by atoms with Gasteiger partial charge in [-0.2, -0.15) is 0 Å². The lowest BCUT2D eigenvalue weighted by molar-refractivity contribution is -0.286. The van der Waals surface area contributed by atoms with Gasteiger partial charge in [0.1, 0.15) is 37.6 Å². The highest BCUT2D eigenvalue weighted by Crippen LogP contribution is 2.20. The van der Waals surface area contributed by atoms with E-state index in [1.54, 1.807) is 24.3 Å². The monoisotopic (exact) mass is 314 g/mol. The van der Waals surface area contributed by atoms with Crippen molar-refractivity contribution in [2.75, 3.05) is 6.61 Å².